The van der Waals surface area contributed by atoms with Gasteiger partial charge in [0.15, 0.2) is 15.0 Å². The third-order valence-corrected chi connectivity index (χ3v) is 7.42. The minimum absolute atomic E-state index is 0.0116. The van der Waals surface area contributed by atoms with Gasteiger partial charge in [0.05, 0.1) is 29.3 Å². The number of amides is 1. The van der Waals surface area contributed by atoms with Crippen LogP contribution in [0.5, 0.6) is 0 Å². The zero-order valence-electron chi connectivity index (χ0n) is 15.5. The third-order valence-electron chi connectivity index (χ3n) is 4.77. The second-order valence-electron chi connectivity index (χ2n) is 7.32. The fraction of sp³-hybridized carbons (Fsp3) is 0.556. The largest absolute Gasteiger partial charge is 0.348 e. The standard InChI is InChI=1S/C18H25N3O3S2/c1-12(2)13-5-7-14(8-6-13)21-16-11-26(23,24)10-15(16)19-18(21)25-9-17(22)20(3)4/h5-8,12,15-16H,9-11H2,1-4H3/t15-,16-/m0/s1. The summed E-state index contributed by atoms with van der Waals surface area (Å²) >= 11 is 1.38. The highest BCUT2D eigenvalue weighted by atomic mass is 32.2. The molecule has 0 bridgehead atoms. The normalized spacial score (nSPS) is 23.9. The maximum atomic E-state index is 12.1. The molecule has 0 aliphatic carbocycles. The van der Waals surface area contributed by atoms with Crippen LogP contribution in [0, 0.1) is 0 Å². The van der Waals surface area contributed by atoms with E-state index in [-0.39, 0.29) is 29.5 Å². The summed E-state index contributed by atoms with van der Waals surface area (Å²) in [7, 11) is 0.381. The summed E-state index contributed by atoms with van der Waals surface area (Å²) in [5.41, 5.74) is 2.17. The summed E-state index contributed by atoms with van der Waals surface area (Å²) in [6, 6.07) is 7.76. The van der Waals surface area contributed by atoms with E-state index in [0.717, 1.165) is 10.9 Å². The number of thioether (sulfide) groups is 1. The van der Waals surface area contributed by atoms with E-state index in [9.17, 15) is 13.2 Å². The van der Waals surface area contributed by atoms with Gasteiger partial charge >= 0.3 is 0 Å². The van der Waals surface area contributed by atoms with Crippen LogP contribution in [0.15, 0.2) is 29.3 Å². The maximum Gasteiger partial charge on any atom is 0.232 e. The summed E-state index contributed by atoms with van der Waals surface area (Å²) in [5.74, 6) is 0.932. The van der Waals surface area contributed by atoms with E-state index in [2.05, 4.69) is 31.0 Å². The lowest BCUT2D eigenvalue weighted by molar-refractivity contribution is -0.125. The number of nitrogens with zero attached hydrogens (tertiary/aromatic N) is 3. The van der Waals surface area contributed by atoms with Crippen molar-refractivity contribution in [2.24, 2.45) is 4.99 Å². The monoisotopic (exact) mass is 395 g/mol. The molecule has 0 spiro atoms. The SMILES string of the molecule is CC(C)c1ccc(N2C(SCC(=O)N(C)C)=N[C@H]3CS(=O)(=O)C[C@@H]32)cc1. The maximum absolute atomic E-state index is 12.1. The lowest BCUT2D eigenvalue weighted by Crippen LogP contribution is -2.39. The first-order valence-electron chi connectivity index (χ1n) is 8.68. The molecule has 1 amide bonds. The van der Waals surface area contributed by atoms with Gasteiger partial charge in [-0.15, -0.1) is 0 Å². The van der Waals surface area contributed by atoms with Crippen molar-refractivity contribution in [2.75, 3.05) is 36.3 Å². The molecule has 0 radical (unpaired) electrons. The van der Waals surface area contributed by atoms with Crippen LogP contribution >= 0.6 is 11.8 Å². The molecule has 1 aromatic carbocycles. The summed E-state index contributed by atoms with van der Waals surface area (Å²) in [4.78, 5) is 20.2. The topological polar surface area (TPSA) is 70.1 Å². The highest BCUT2D eigenvalue weighted by Crippen LogP contribution is 2.35. The van der Waals surface area contributed by atoms with Crippen LogP contribution in [0.1, 0.15) is 25.3 Å². The molecule has 0 unspecified atom stereocenters. The Kier molecular flexibility index (Phi) is 5.35. The Balaban J connectivity index is 1.87. The van der Waals surface area contributed by atoms with Gasteiger partial charge in [0, 0.05) is 19.8 Å². The van der Waals surface area contributed by atoms with Crippen molar-refractivity contribution in [3.05, 3.63) is 29.8 Å². The Morgan fingerprint density at radius 1 is 1.27 bits per heavy atom. The van der Waals surface area contributed by atoms with Crippen LogP contribution < -0.4 is 4.90 Å². The molecule has 0 N–H and O–H groups in total. The highest BCUT2D eigenvalue weighted by Gasteiger charge is 2.47. The number of aliphatic imine (C=N–C) groups is 1. The predicted octanol–water partition coefficient (Wildman–Crippen LogP) is 1.97. The van der Waals surface area contributed by atoms with E-state index in [1.54, 1.807) is 19.0 Å². The quantitative estimate of drug-likeness (QED) is 0.780. The van der Waals surface area contributed by atoms with Crippen LogP contribution in [0.25, 0.3) is 0 Å². The predicted molar refractivity (Wildman–Crippen MR) is 108 cm³/mol. The van der Waals surface area contributed by atoms with Gasteiger partial charge in [-0.2, -0.15) is 0 Å². The Morgan fingerprint density at radius 2 is 1.92 bits per heavy atom. The lowest BCUT2D eigenvalue weighted by atomic mass is 10.0. The molecule has 0 saturated carbocycles. The first-order valence-corrected chi connectivity index (χ1v) is 11.5. The number of fused-ring (bicyclic) bond motifs is 1. The number of rotatable bonds is 4. The summed E-state index contributed by atoms with van der Waals surface area (Å²) < 4.78 is 24.1. The second kappa shape index (κ2) is 7.23. The summed E-state index contributed by atoms with van der Waals surface area (Å²) in [6.45, 7) is 4.28. The smallest absolute Gasteiger partial charge is 0.232 e. The van der Waals surface area contributed by atoms with Crippen LogP contribution in [0.2, 0.25) is 0 Å². The number of amidine groups is 1. The molecular formula is C18H25N3O3S2. The molecule has 26 heavy (non-hydrogen) atoms. The molecule has 2 aliphatic heterocycles. The molecule has 1 saturated heterocycles. The van der Waals surface area contributed by atoms with Crippen molar-refractivity contribution in [3.63, 3.8) is 0 Å². The van der Waals surface area contributed by atoms with Crippen molar-refractivity contribution in [2.45, 2.75) is 31.8 Å². The van der Waals surface area contributed by atoms with Gasteiger partial charge < -0.3 is 9.80 Å². The number of carbonyl (C=O) groups is 1. The number of anilines is 1. The summed E-state index contributed by atoms with van der Waals surface area (Å²) in [5, 5.41) is 0.738. The van der Waals surface area contributed by atoms with Gasteiger partial charge in [-0.05, 0) is 23.6 Å². The number of hydrogen-bond acceptors (Lipinski definition) is 6. The Morgan fingerprint density at radius 3 is 2.50 bits per heavy atom. The van der Waals surface area contributed by atoms with Gasteiger partial charge in [-0.3, -0.25) is 9.79 Å². The van der Waals surface area contributed by atoms with Crippen molar-refractivity contribution in [1.29, 1.82) is 0 Å². The average molecular weight is 396 g/mol. The number of carbonyl (C=O) groups excluding carboxylic acids is 1. The van der Waals surface area contributed by atoms with Gasteiger partial charge in [-0.25, -0.2) is 8.42 Å². The molecule has 2 heterocycles. The fourth-order valence-corrected chi connectivity index (χ4v) is 6.16. The van der Waals surface area contributed by atoms with Crippen LogP contribution in [0.4, 0.5) is 5.69 Å². The van der Waals surface area contributed by atoms with Gasteiger partial charge in [0.25, 0.3) is 0 Å². The van der Waals surface area contributed by atoms with E-state index < -0.39 is 9.84 Å². The molecular weight excluding hydrogens is 370 g/mol. The zero-order valence-corrected chi connectivity index (χ0v) is 17.2. The van der Waals surface area contributed by atoms with Crippen molar-refractivity contribution in [3.8, 4) is 0 Å². The Bertz CT molecular complexity index is 817. The van der Waals surface area contributed by atoms with E-state index in [1.807, 2.05) is 17.0 Å². The van der Waals surface area contributed by atoms with Crippen LogP contribution in [0.3, 0.4) is 0 Å². The van der Waals surface area contributed by atoms with Gasteiger partial charge in [-0.1, -0.05) is 37.7 Å². The number of benzene rings is 1. The van der Waals surface area contributed by atoms with Gasteiger partial charge in [0.1, 0.15) is 0 Å². The van der Waals surface area contributed by atoms with E-state index in [1.165, 1.54) is 17.3 Å². The molecule has 0 aromatic heterocycles. The third kappa shape index (κ3) is 3.91. The van der Waals surface area contributed by atoms with E-state index in [4.69, 9.17) is 0 Å². The molecule has 2 atom stereocenters. The molecule has 3 rings (SSSR count). The minimum Gasteiger partial charge on any atom is -0.348 e. The van der Waals surface area contributed by atoms with E-state index in [0.29, 0.717) is 11.7 Å². The minimum atomic E-state index is -3.07. The van der Waals surface area contributed by atoms with Crippen LogP contribution in [-0.4, -0.2) is 67.8 Å². The Labute approximate surface area is 159 Å². The molecule has 8 heteroatoms. The number of hydrogen-bond donors (Lipinski definition) is 0. The van der Waals surface area contributed by atoms with E-state index >= 15 is 0 Å². The summed E-state index contributed by atoms with van der Waals surface area (Å²) in [6.07, 6.45) is 0. The first kappa shape index (κ1) is 19.2. The van der Waals surface area contributed by atoms with Crippen molar-refractivity contribution in [1.82, 2.24) is 4.90 Å². The first-order chi connectivity index (χ1) is 12.2. The Hall–Kier alpha value is -1.54. The van der Waals surface area contributed by atoms with Crippen LogP contribution in [-0.2, 0) is 14.6 Å². The van der Waals surface area contributed by atoms with Gasteiger partial charge in [0.2, 0.25) is 5.91 Å². The highest BCUT2D eigenvalue weighted by molar-refractivity contribution is 8.14. The lowest BCUT2D eigenvalue weighted by Gasteiger charge is -2.27. The molecule has 1 fully saturated rings. The fourth-order valence-electron chi connectivity index (χ4n) is 3.21. The second-order valence-corrected chi connectivity index (χ2v) is 10.4. The molecule has 1 aromatic rings. The van der Waals surface area contributed by atoms with Crippen molar-refractivity contribution < 1.29 is 13.2 Å². The molecule has 142 valence electrons. The molecule has 6 nitrogen and oxygen atoms in total. The average Bonchev–Trinajstić information content (AvgIpc) is 3.03. The van der Waals surface area contributed by atoms with Crippen molar-refractivity contribution >= 4 is 38.4 Å². The number of sulfone groups is 1. The molecule has 2 aliphatic rings. The zero-order chi connectivity index (χ0) is 19.1.